The maximum atomic E-state index is 12.0. The molecule has 7 heteroatoms. The fraction of sp³-hybridized carbons (Fsp3) is 0.417. The summed E-state index contributed by atoms with van der Waals surface area (Å²) in [6.45, 7) is 0.753. The van der Waals surface area contributed by atoms with Crippen LogP contribution in [0.25, 0.3) is 0 Å². The van der Waals surface area contributed by atoms with Crippen LogP contribution in [0.3, 0.4) is 0 Å². The predicted molar refractivity (Wildman–Crippen MR) is 77.6 cm³/mol. The Balaban J connectivity index is 2.18. The first-order chi connectivity index (χ1) is 9.15. The van der Waals surface area contributed by atoms with E-state index in [1.807, 2.05) is 0 Å². The molecule has 5 nitrogen and oxygen atoms in total. The summed E-state index contributed by atoms with van der Waals surface area (Å²) in [6.07, 6.45) is 0. The highest BCUT2D eigenvalue weighted by Gasteiger charge is 2.20. The van der Waals surface area contributed by atoms with Gasteiger partial charge in [-0.15, -0.1) is 11.8 Å². The van der Waals surface area contributed by atoms with E-state index in [1.54, 1.807) is 28.8 Å². The minimum absolute atomic E-state index is 0.149. The Kier molecular flexibility index (Phi) is 4.66. The van der Waals surface area contributed by atoms with Crippen LogP contribution >= 0.6 is 23.4 Å². The SMILES string of the molecule is COc1cc(OC)c(NC(=O)N2CCSC2)cc1Cl. The van der Waals surface area contributed by atoms with Gasteiger partial charge in [-0.2, -0.15) is 0 Å². The maximum Gasteiger partial charge on any atom is 0.322 e. The number of amides is 2. The van der Waals surface area contributed by atoms with E-state index in [1.165, 1.54) is 14.2 Å². The number of carbonyl (C=O) groups is 1. The van der Waals surface area contributed by atoms with E-state index >= 15 is 0 Å². The number of nitrogens with one attached hydrogen (secondary N) is 1. The third-order valence-corrected chi connectivity index (χ3v) is 4.02. The second-order valence-corrected chi connectivity index (χ2v) is 5.40. The van der Waals surface area contributed by atoms with Crippen LogP contribution in [0, 0.1) is 0 Å². The van der Waals surface area contributed by atoms with E-state index in [0.717, 1.165) is 12.3 Å². The number of halogens is 1. The monoisotopic (exact) mass is 302 g/mol. The summed E-state index contributed by atoms with van der Waals surface area (Å²) in [5.74, 6) is 2.70. The summed E-state index contributed by atoms with van der Waals surface area (Å²) in [7, 11) is 3.06. The third-order valence-electron chi connectivity index (χ3n) is 2.76. The fourth-order valence-corrected chi connectivity index (χ4v) is 2.91. The van der Waals surface area contributed by atoms with Gasteiger partial charge in [0.05, 0.1) is 30.8 Å². The first-order valence-electron chi connectivity index (χ1n) is 5.71. The summed E-state index contributed by atoms with van der Waals surface area (Å²) in [6, 6.07) is 3.13. The van der Waals surface area contributed by atoms with Crippen molar-refractivity contribution in [2.75, 3.05) is 37.7 Å². The minimum Gasteiger partial charge on any atom is -0.495 e. The molecule has 104 valence electrons. The van der Waals surface area contributed by atoms with Gasteiger partial charge in [-0.25, -0.2) is 4.79 Å². The van der Waals surface area contributed by atoms with Crippen molar-refractivity contribution >= 4 is 35.1 Å². The smallest absolute Gasteiger partial charge is 0.322 e. The molecule has 0 aliphatic carbocycles. The van der Waals surface area contributed by atoms with E-state index in [0.29, 0.717) is 28.1 Å². The van der Waals surface area contributed by atoms with Gasteiger partial charge in [0.15, 0.2) is 0 Å². The van der Waals surface area contributed by atoms with Crippen molar-refractivity contribution in [2.24, 2.45) is 0 Å². The van der Waals surface area contributed by atoms with Gasteiger partial charge < -0.3 is 19.7 Å². The van der Waals surface area contributed by atoms with Crippen molar-refractivity contribution in [1.29, 1.82) is 0 Å². The second kappa shape index (κ2) is 6.25. The number of nitrogens with zero attached hydrogens (tertiary/aromatic N) is 1. The van der Waals surface area contributed by atoms with E-state index in [-0.39, 0.29) is 6.03 Å². The van der Waals surface area contributed by atoms with Gasteiger partial charge in [0.25, 0.3) is 0 Å². The molecular formula is C12H15ClN2O3S. The number of hydrogen-bond donors (Lipinski definition) is 1. The average Bonchev–Trinajstić information content (AvgIpc) is 2.93. The van der Waals surface area contributed by atoms with Crippen LogP contribution in [0.15, 0.2) is 12.1 Å². The van der Waals surface area contributed by atoms with Crippen LogP contribution in [0.5, 0.6) is 11.5 Å². The van der Waals surface area contributed by atoms with Crippen molar-refractivity contribution in [3.8, 4) is 11.5 Å². The first-order valence-corrected chi connectivity index (χ1v) is 7.24. The molecule has 1 aromatic carbocycles. The highest BCUT2D eigenvalue weighted by molar-refractivity contribution is 7.99. The summed E-state index contributed by atoms with van der Waals surface area (Å²) in [5.41, 5.74) is 0.537. The van der Waals surface area contributed by atoms with Gasteiger partial charge in [0, 0.05) is 18.4 Å². The summed E-state index contributed by atoms with van der Waals surface area (Å²) >= 11 is 7.78. The van der Waals surface area contributed by atoms with Gasteiger partial charge >= 0.3 is 6.03 Å². The molecule has 1 aliphatic rings. The molecule has 19 heavy (non-hydrogen) atoms. The van der Waals surface area contributed by atoms with Crippen molar-refractivity contribution in [3.05, 3.63) is 17.2 Å². The number of ether oxygens (including phenoxy) is 2. The molecule has 0 unspecified atom stereocenters. The van der Waals surface area contributed by atoms with Crippen LogP contribution in [-0.4, -0.2) is 43.3 Å². The molecule has 1 N–H and O–H groups in total. The number of hydrogen-bond acceptors (Lipinski definition) is 4. The number of rotatable bonds is 3. The zero-order chi connectivity index (χ0) is 13.8. The minimum atomic E-state index is -0.149. The lowest BCUT2D eigenvalue weighted by Crippen LogP contribution is -2.32. The Morgan fingerprint density at radius 2 is 2.11 bits per heavy atom. The standard InChI is InChI=1S/C12H15ClN2O3S/c1-17-10-6-11(18-2)9(5-8(10)13)14-12(16)15-3-4-19-7-15/h5-6H,3-4,7H2,1-2H3,(H,14,16). The predicted octanol–water partition coefficient (Wildman–Crippen LogP) is 2.90. The molecule has 1 aromatic rings. The number of carbonyl (C=O) groups excluding carboxylic acids is 1. The highest BCUT2D eigenvalue weighted by Crippen LogP contribution is 2.36. The Bertz CT molecular complexity index is 478. The Morgan fingerprint density at radius 3 is 2.68 bits per heavy atom. The molecule has 2 rings (SSSR count). The molecule has 1 fully saturated rings. The van der Waals surface area contributed by atoms with Gasteiger partial charge in [-0.05, 0) is 6.07 Å². The first kappa shape index (κ1) is 14.1. The Hall–Kier alpha value is -1.27. The lowest BCUT2D eigenvalue weighted by atomic mass is 10.2. The average molecular weight is 303 g/mol. The topological polar surface area (TPSA) is 50.8 Å². The number of thioether (sulfide) groups is 1. The molecular weight excluding hydrogens is 288 g/mol. The lowest BCUT2D eigenvalue weighted by molar-refractivity contribution is 0.225. The highest BCUT2D eigenvalue weighted by atomic mass is 35.5. The molecule has 0 atom stereocenters. The van der Waals surface area contributed by atoms with Crippen LogP contribution in [0.4, 0.5) is 10.5 Å². The third kappa shape index (κ3) is 3.19. The molecule has 0 spiro atoms. The second-order valence-electron chi connectivity index (χ2n) is 3.92. The molecule has 0 radical (unpaired) electrons. The van der Waals surface area contributed by atoms with Gasteiger partial charge in [-0.3, -0.25) is 0 Å². The van der Waals surface area contributed by atoms with Crippen molar-refractivity contribution < 1.29 is 14.3 Å². The molecule has 0 aromatic heterocycles. The van der Waals surface area contributed by atoms with Crippen LogP contribution in [0.2, 0.25) is 5.02 Å². The summed E-state index contributed by atoms with van der Waals surface area (Å²) in [5, 5.41) is 3.23. The Morgan fingerprint density at radius 1 is 1.37 bits per heavy atom. The summed E-state index contributed by atoms with van der Waals surface area (Å²) in [4.78, 5) is 13.8. The van der Waals surface area contributed by atoms with Crippen LogP contribution in [0.1, 0.15) is 0 Å². The van der Waals surface area contributed by atoms with E-state index in [9.17, 15) is 4.79 Å². The zero-order valence-electron chi connectivity index (χ0n) is 10.7. The molecule has 2 amide bonds. The fourth-order valence-electron chi connectivity index (χ4n) is 1.73. The van der Waals surface area contributed by atoms with Gasteiger partial charge in [0.2, 0.25) is 0 Å². The number of methoxy groups -OCH3 is 2. The van der Waals surface area contributed by atoms with E-state index in [4.69, 9.17) is 21.1 Å². The number of urea groups is 1. The normalized spacial score (nSPS) is 14.4. The molecule has 1 heterocycles. The number of anilines is 1. The maximum absolute atomic E-state index is 12.0. The zero-order valence-corrected chi connectivity index (χ0v) is 12.3. The molecule has 1 saturated heterocycles. The Labute approximate surface area is 121 Å². The largest absolute Gasteiger partial charge is 0.495 e. The molecule has 1 aliphatic heterocycles. The van der Waals surface area contributed by atoms with Crippen LogP contribution < -0.4 is 14.8 Å². The quantitative estimate of drug-likeness (QED) is 0.933. The van der Waals surface area contributed by atoms with Crippen molar-refractivity contribution in [1.82, 2.24) is 4.90 Å². The van der Waals surface area contributed by atoms with Crippen molar-refractivity contribution in [3.63, 3.8) is 0 Å². The van der Waals surface area contributed by atoms with Crippen molar-refractivity contribution in [2.45, 2.75) is 0 Å². The number of benzene rings is 1. The molecule has 0 bridgehead atoms. The van der Waals surface area contributed by atoms with Gasteiger partial charge in [0.1, 0.15) is 11.5 Å². The van der Waals surface area contributed by atoms with E-state index in [2.05, 4.69) is 5.32 Å². The van der Waals surface area contributed by atoms with E-state index < -0.39 is 0 Å². The van der Waals surface area contributed by atoms with Crippen LogP contribution in [-0.2, 0) is 0 Å². The van der Waals surface area contributed by atoms with Gasteiger partial charge in [-0.1, -0.05) is 11.6 Å². The summed E-state index contributed by atoms with van der Waals surface area (Å²) < 4.78 is 10.3. The lowest BCUT2D eigenvalue weighted by Gasteiger charge is -2.18. The molecule has 0 saturated carbocycles.